The van der Waals surface area contributed by atoms with Gasteiger partial charge in [0.15, 0.2) is 0 Å². The Morgan fingerprint density at radius 3 is 2.79 bits per heavy atom. The normalized spacial score (nSPS) is 20.5. The predicted molar refractivity (Wildman–Crippen MR) is 98.6 cm³/mol. The zero-order valence-corrected chi connectivity index (χ0v) is 14.2. The van der Waals surface area contributed by atoms with Gasteiger partial charge in [0.25, 0.3) is 0 Å². The molecule has 2 aliphatic rings. The highest BCUT2D eigenvalue weighted by Gasteiger charge is 2.29. The minimum atomic E-state index is 0.0991. The Hall–Kier alpha value is -2.42. The summed E-state index contributed by atoms with van der Waals surface area (Å²) in [5.74, 6) is 1.48. The van der Waals surface area contributed by atoms with Crippen molar-refractivity contribution in [1.82, 2.24) is 4.98 Å². The van der Waals surface area contributed by atoms with Gasteiger partial charge in [0, 0.05) is 17.5 Å². The van der Waals surface area contributed by atoms with Crippen molar-refractivity contribution in [3.8, 4) is 0 Å². The number of allylic oxidation sites excluding steroid dienone is 4. The first-order valence-corrected chi connectivity index (χ1v) is 8.70. The van der Waals surface area contributed by atoms with Crippen molar-refractivity contribution in [2.45, 2.75) is 33.1 Å². The maximum Gasteiger partial charge on any atom is 0.228 e. The molecule has 1 unspecified atom stereocenters. The lowest BCUT2D eigenvalue weighted by Gasteiger charge is -2.21. The highest BCUT2D eigenvalue weighted by atomic mass is 16.2. The highest BCUT2D eigenvalue weighted by Crippen LogP contribution is 2.35. The Bertz CT molecular complexity index is 875. The Morgan fingerprint density at radius 1 is 1.21 bits per heavy atom. The Labute approximate surface area is 142 Å². The number of hydrogen-bond acceptors (Lipinski definition) is 2. The molecule has 1 atom stereocenters. The van der Waals surface area contributed by atoms with Gasteiger partial charge in [0.2, 0.25) is 5.91 Å². The van der Waals surface area contributed by atoms with E-state index in [4.69, 9.17) is 0 Å². The molecule has 0 bridgehead atoms. The summed E-state index contributed by atoms with van der Waals surface area (Å²) in [4.78, 5) is 16.3. The van der Waals surface area contributed by atoms with Crippen LogP contribution >= 0.6 is 0 Å². The zero-order valence-electron chi connectivity index (χ0n) is 14.2. The number of benzene rings is 1. The Morgan fingerprint density at radius 2 is 2.04 bits per heavy atom. The number of rotatable bonds is 3. The summed E-state index contributed by atoms with van der Waals surface area (Å²) >= 11 is 0. The zero-order chi connectivity index (χ0) is 16.7. The smallest absolute Gasteiger partial charge is 0.228 e. The quantitative estimate of drug-likeness (QED) is 0.869. The number of carbonyl (C=O) groups excluding carboxylic acids is 1. The van der Waals surface area contributed by atoms with Gasteiger partial charge in [0.05, 0.1) is 0 Å². The molecule has 0 radical (unpaired) electrons. The van der Waals surface area contributed by atoms with Crippen LogP contribution < -0.4 is 5.32 Å². The van der Waals surface area contributed by atoms with Crippen molar-refractivity contribution in [2.24, 2.45) is 11.8 Å². The van der Waals surface area contributed by atoms with Gasteiger partial charge < -0.3 is 5.32 Å². The fourth-order valence-corrected chi connectivity index (χ4v) is 3.51. The van der Waals surface area contributed by atoms with Crippen LogP contribution in [0.1, 0.15) is 38.7 Å². The molecule has 1 saturated carbocycles. The maximum absolute atomic E-state index is 11.9. The summed E-state index contributed by atoms with van der Waals surface area (Å²) in [6, 6.07) is 8.49. The molecule has 4 rings (SSSR count). The van der Waals surface area contributed by atoms with E-state index in [1.54, 1.807) is 0 Å². The number of aromatic nitrogens is 1. The molecule has 1 heterocycles. The van der Waals surface area contributed by atoms with E-state index in [1.165, 1.54) is 16.7 Å². The average molecular weight is 318 g/mol. The fraction of sp³-hybridized carbons (Fsp3) is 0.333. The van der Waals surface area contributed by atoms with E-state index in [9.17, 15) is 4.79 Å². The standard InChI is InChI=1S/C21H22N2O/c1-13-4-3-5-14(2)20(13)17-9-8-16-11-19(22-12-18(16)10-17)23-21(24)15-6-7-15/h3-4,8-12,14-15H,5-7H2,1-2H3,(H,22,23,24). The Balaban J connectivity index is 1.66. The first kappa shape index (κ1) is 15.1. The van der Waals surface area contributed by atoms with Gasteiger partial charge in [-0.15, -0.1) is 0 Å². The predicted octanol–water partition coefficient (Wildman–Crippen LogP) is 4.95. The summed E-state index contributed by atoms with van der Waals surface area (Å²) in [5, 5.41) is 5.14. The Kier molecular flexibility index (Phi) is 3.72. The van der Waals surface area contributed by atoms with Crippen LogP contribution in [0, 0.1) is 11.8 Å². The molecule has 3 nitrogen and oxygen atoms in total. The summed E-state index contributed by atoms with van der Waals surface area (Å²) in [6.07, 6.45) is 9.43. The van der Waals surface area contributed by atoms with Crippen molar-refractivity contribution in [3.05, 3.63) is 53.8 Å². The molecule has 0 spiro atoms. The molecule has 1 N–H and O–H groups in total. The van der Waals surface area contributed by atoms with Crippen molar-refractivity contribution >= 4 is 28.1 Å². The van der Waals surface area contributed by atoms with E-state index < -0.39 is 0 Å². The fourth-order valence-electron chi connectivity index (χ4n) is 3.51. The van der Waals surface area contributed by atoms with E-state index in [0.29, 0.717) is 11.7 Å². The molecule has 1 fully saturated rings. The largest absolute Gasteiger partial charge is 0.310 e. The third-order valence-corrected chi connectivity index (χ3v) is 5.01. The van der Waals surface area contributed by atoms with Gasteiger partial charge in [-0.25, -0.2) is 4.98 Å². The number of fused-ring (bicyclic) bond motifs is 1. The molecular weight excluding hydrogens is 296 g/mol. The number of nitrogens with one attached hydrogen (secondary N) is 1. The lowest BCUT2D eigenvalue weighted by Crippen LogP contribution is -2.14. The van der Waals surface area contributed by atoms with Crippen LogP contribution in [-0.2, 0) is 4.79 Å². The molecule has 122 valence electrons. The van der Waals surface area contributed by atoms with Crippen molar-refractivity contribution in [1.29, 1.82) is 0 Å². The minimum absolute atomic E-state index is 0.0991. The van der Waals surface area contributed by atoms with Gasteiger partial charge in [-0.3, -0.25) is 4.79 Å². The highest BCUT2D eigenvalue weighted by molar-refractivity contribution is 5.95. The molecule has 24 heavy (non-hydrogen) atoms. The number of amides is 1. The van der Waals surface area contributed by atoms with E-state index in [1.807, 2.05) is 12.3 Å². The van der Waals surface area contributed by atoms with Crippen molar-refractivity contribution in [3.63, 3.8) is 0 Å². The summed E-state index contributed by atoms with van der Waals surface area (Å²) in [7, 11) is 0. The first-order valence-electron chi connectivity index (χ1n) is 8.70. The van der Waals surface area contributed by atoms with Crippen LogP contribution in [0.25, 0.3) is 16.3 Å². The molecule has 1 aromatic carbocycles. The van der Waals surface area contributed by atoms with Gasteiger partial charge in [-0.1, -0.05) is 31.2 Å². The topological polar surface area (TPSA) is 42.0 Å². The minimum Gasteiger partial charge on any atom is -0.310 e. The maximum atomic E-state index is 11.9. The van der Waals surface area contributed by atoms with Crippen molar-refractivity contribution in [2.75, 3.05) is 5.32 Å². The van der Waals surface area contributed by atoms with Crippen LogP contribution in [0.3, 0.4) is 0 Å². The third kappa shape index (κ3) is 2.86. The van der Waals surface area contributed by atoms with Crippen LogP contribution in [0.15, 0.2) is 48.2 Å². The molecule has 2 aliphatic carbocycles. The lowest BCUT2D eigenvalue weighted by atomic mass is 9.84. The first-order chi connectivity index (χ1) is 11.6. The number of carbonyl (C=O) groups is 1. The second kappa shape index (κ2) is 5.90. The molecule has 2 aromatic rings. The van der Waals surface area contributed by atoms with Crippen molar-refractivity contribution < 1.29 is 4.79 Å². The van der Waals surface area contributed by atoms with E-state index in [-0.39, 0.29) is 11.8 Å². The van der Waals surface area contributed by atoms with E-state index >= 15 is 0 Å². The summed E-state index contributed by atoms with van der Waals surface area (Å²) in [6.45, 7) is 4.46. The monoisotopic (exact) mass is 318 g/mol. The second-order valence-electron chi connectivity index (χ2n) is 7.03. The van der Waals surface area contributed by atoms with Gasteiger partial charge in [-0.2, -0.15) is 0 Å². The molecule has 1 aromatic heterocycles. The van der Waals surface area contributed by atoms with Crippen LogP contribution in [0.2, 0.25) is 0 Å². The van der Waals surface area contributed by atoms with Gasteiger partial charge in [0.1, 0.15) is 5.82 Å². The molecule has 0 saturated heterocycles. The van der Waals surface area contributed by atoms with Crippen LogP contribution in [0.4, 0.5) is 5.82 Å². The number of hydrogen-bond donors (Lipinski definition) is 1. The second-order valence-corrected chi connectivity index (χ2v) is 7.03. The SMILES string of the molecule is CC1=C(c2ccc3cc(NC(=O)C4CC4)ncc3c2)C(C)CC=C1. The molecule has 1 amide bonds. The lowest BCUT2D eigenvalue weighted by molar-refractivity contribution is -0.117. The number of anilines is 1. The third-order valence-electron chi connectivity index (χ3n) is 5.01. The van der Waals surface area contributed by atoms with Gasteiger partial charge in [-0.05, 0) is 66.3 Å². The molecular formula is C21H22N2O. The van der Waals surface area contributed by atoms with Crippen LogP contribution in [-0.4, -0.2) is 10.9 Å². The average Bonchev–Trinajstić information content (AvgIpc) is 3.39. The summed E-state index contributed by atoms with van der Waals surface area (Å²) < 4.78 is 0. The summed E-state index contributed by atoms with van der Waals surface area (Å²) in [5.41, 5.74) is 4.04. The molecule has 0 aliphatic heterocycles. The van der Waals surface area contributed by atoms with Crippen LogP contribution in [0.5, 0.6) is 0 Å². The van der Waals surface area contributed by atoms with E-state index in [2.05, 4.69) is 54.5 Å². The number of pyridine rings is 1. The van der Waals surface area contributed by atoms with E-state index in [0.717, 1.165) is 30.0 Å². The molecule has 3 heteroatoms. The number of nitrogens with zero attached hydrogens (tertiary/aromatic N) is 1. The van der Waals surface area contributed by atoms with Gasteiger partial charge >= 0.3 is 0 Å².